The van der Waals surface area contributed by atoms with Crippen LogP contribution >= 0.6 is 0 Å². The van der Waals surface area contributed by atoms with Gasteiger partial charge in [0.05, 0.1) is 6.61 Å². The normalized spacial score (nSPS) is 29.8. The zero-order valence-electron chi connectivity index (χ0n) is 12.7. The molecule has 1 aliphatic heterocycles. The van der Waals surface area contributed by atoms with Crippen LogP contribution in [0.5, 0.6) is 5.75 Å². The molecular weight excluding hydrogens is 324 g/mol. The van der Waals surface area contributed by atoms with Gasteiger partial charge in [0.2, 0.25) is 6.29 Å². The molecule has 9 heteroatoms. The van der Waals surface area contributed by atoms with Crippen LogP contribution in [0.2, 0.25) is 0 Å². The van der Waals surface area contributed by atoms with Crippen LogP contribution in [0.4, 0.5) is 0 Å². The van der Waals surface area contributed by atoms with Gasteiger partial charge in [-0.2, -0.15) is 0 Å². The molecule has 5 unspecified atom stereocenters. The van der Waals surface area contributed by atoms with Crippen LogP contribution in [-0.4, -0.2) is 69.7 Å². The first-order chi connectivity index (χ1) is 11.3. The minimum atomic E-state index is -1.72. The van der Waals surface area contributed by atoms with Crippen molar-refractivity contribution >= 4 is 11.9 Å². The summed E-state index contributed by atoms with van der Waals surface area (Å²) in [6.07, 6.45) is -7.76. The molecule has 1 heterocycles. The highest BCUT2D eigenvalue weighted by atomic mass is 16.7. The molecule has 9 nitrogen and oxygen atoms in total. The molecule has 1 aromatic carbocycles. The topological polar surface area (TPSA) is 143 Å². The van der Waals surface area contributed by atoms with E-state index < -0.39 is 49.3 Å². The number of carbonyl (C=O) groups is 2. The van der Waals surface area contributed by atoms with Gasteiger partial charge in [0.1, 0.15) is 35.7 Å². The quantitative estimate of drug-likeness (QED) is 0.382. The van der Waals surface area contributed by atoms with Gasteiger partial charge < -0.3 is 34.6 Å². The maximum Gasteiger partial charge on any atom is 0.344 e. The summed E-state index contributed by atoms with van der Waals surface area (Å²) in [5.74, 6) is -1.65. The Balaban J connectivity index is 2.16. The van der Waals surface area contributed by atoms with Crippen molar-refractivity contribution in [1.29, 1.82) is 0 Å². The number of hydrogen-bond acceptors (Lipinski definition) is 9. The Kier molecular flexibility index (Phi) is 5.86. The third-order valence-electron chi connectivity index (χ3n) is 3.43. The van der Waals surface area contributed by atoms with Crippen LogP contribution in [0.3, 0.4) is 0 Å². The van der Waals surface area contributed by atoms with Gasteiger partial charge in [-0.05, 0) is 12.1 Å². The Labute approximate surface area is 137 Å². The lowest BCUT2D eigenvalue weighted by atomic mass is 9.99. The summed E-state index contributed by atoms with van der Waals surface area (Å²) in [5.41, 5.74) is -0.0929. The van der Waals surface area contributed by atoms with Crippen molar-refractivity contribution in [2.24, 2.45) is 0 Å². The van der Waals surface area contributed by atoms with Crippen LogP contribution in [0.15, 0.2) is 24.3 Å². The number of aliphatic hydroxyl groups is 4. The number of hydrogen-bond donors (Lipinski definition) is 4. The van der Waals surface area contributed by atoms with Crippen LogP contribution in [0.25, 0.3) is 0 Å². The van der Waals surface area contributed by atoms with Crippen molar-refractivity contribution in [1.82, 2.24) is 0 Å². The zero-order chi connectivity index (χ0) is 17.9. The molecule has 1 aromatic rings. The van der Waals surface area contributed by atoms with Gasteiger partial charge in [-0.25, -0.2) is 4.79 Å². The van der Waals surface area contributed by atoms with E-state index in [2.05, 4.69) is 0 Å². The molecule has 0 saturated carbocycles. The van der Waals surface area contributed by atoms with E-state index in [9.17, 15) is 24.9 Å². The number of ether oxygens (including phenoxy) is 3. The zero-order valence-corrected chi connectivity index (χ0v) is 12.7. The maximum absolute atomic E-state index is 12.2. The van der Waals surface area contributed by atoms with Gasteiger partial charge >= 0.3 is 11.9 Å². The number of para-hydroxylation sites is 1. The Morgan fingerprint density at radius 3 is 2.42 bits per heavy atom. The van der Waals surface area contributed by atoms with E-state index in [1.807, 2.05) is 0 Å². The Morgan fingerprint density at radius 1 is 1.12 bits per heavy atom. The molecule has 4 N–H and O–H groups in total. The molecule has 5 atom stereocenters. The predicted molar refractivity (Wildman–Crippen MR) is 76.9 cm³/mol. The van der Waals surface area contributed by atoms with Gasteiger partial charge in [0.15, 0.2) is 0 Å². The summed E-state index contributed by atoms with van der Waals surface area (Å²) in [6, 6.07) is 5.77. The molecule has 1 aliphatic rings. The highest BCUT2D eigenvalue weighted by Gasteiger charge is 2.45. The molecule has 0 aromatic heterocycles. The number of aliphatic hydroxyl groups excluding tert-OH is 4. The first-order valence-corrected chi connectivity index (χ1v) is 7.14. The molecule has 2 rings (SSSR count). The maximum atomic E-state index is 12.2. The first kappa shape index (κ1) is 18.3. The number of benzene rings is 1. The summed E-state index contributed by atoms with van der Waals surface area (Å²) < 4.78 is 15.0. The first-order valence-electron chi connectivity index (χ1n) is 7.14. The molecule has 132 valence electrons. The second kappa shape index (κ2) is 7.69. The van der Waals surface area contributed by atoms with Gasteiger partial charge in [-0.3, -0.25) is 4.79 Å². The highest BCUT2D eigenvalue weighted by Crippen LogP contribution is 2.25. The molecule has 24 heavy (non-hydrogen) atoms. The summed E-state index contributed by atoms with van der Waals surface area (Å²) in [4.78, 5) is 23.3. The Bertz CT molecular complexity index is 600. The smallest absolute Gasteiger partial charge is 0.344 e. The Morgan fingerprint density at radius 2 is 1.79 bits per heavy atom. The third-order valence-corrected chi connectivity index (χ3v) is 3.43. The SMILES string of the molecule is CC(=O)Oc1ccccc1C(=O)OC1OC(CO)C(O)C(O)C1O. The van der Waals surface area contributed by atoms with Gasteiger partial charge in [0.25, 0.3) is 0 Å². The van der Waals surface area contributed by atoms with E-state index in [0.29, 0.717) is 0 Å². The predicted octanol–water partition coefficient (Wildman–Crippen LogP) is -1.43. The highest BCUT2D eigenvalue weighted by molar-refractivity contribution is 5.93. The molecule has 0 amide bonds. The third kappa shape index (κ3) is 3.89. The van der Waals surface area contributed by atoms with E-state index >= 15 is 0 Å². The fourth-order valence-corrected chi connectivity index (χ4v) is 2.21. The lowest BCUT2D eigenvalue weighted by Crippen LogP contribution is -2.59. The van der Waals surface area contributed by atoms with Crippen molar-refractivity contribution in [2.45, 2.75) is 37.6 Å². The van der Waals surface area contributed by atoms with Crippen molar-refractivity contribution in [3.63, 3.8) is 0 Å². The average molecular weight is 342 g/mol. The molecule has 0 bridgehead atoms. The van der Waals surface area contributed by atoms with E-state index in [4.69, 9.17) is 19.3 Å². The lowest BCUT2D eigenvalue weighted by molar-refractivity contribution is -0.285. The summed E-state index contributed by atoms with van der Waals surface area (Å²) in [6.45, 7) is 0.517. The van der Waals surface area contributed by atoms with Crippen molar-refractivity contribution in [3.8, 4) is 5.75 Å². The van der Waals surface area contributed by atoms with E-state index in [-0.39, 0.29) is 11.3 Å². The molecule has 0 spiro atoms. The van der Waals surface area contributed by atoms with Gasteiger partial charge in [-0.15, -0.1) is 0 Å². The van der Waals surface area contributed by atoms with E-state index in [0.717, 1.165) is 0 Å². The molecule has 1 saturated heterocycles. The summed E-state index contributed by atoms with van der Waals surface area (Å²) >= 11 is 0. The standard InChI is InChI=1S/C15H18O9/c1-7(17)22-9-5-3-2-4-8(9)14(21)24-15-13(20)12(19)11(18)10(6-16)23-15/h2-5,10-13,15-16,18-20H,6H2,1H3. The van der Waals surface area contributed by atoms with Crippen LogP contribution in [0.1, 0.15) is 17.3 Å². The largest absolute Gasteiger partial charge is 0.429 e. The monoisotopic (exact) mass is 342 g/mol. The summed E-state index contributed by atoms with van der Waals surface area (Å²) in [7, 11) is 0. The van der Waals surface area contributed by atoms with Crippen molar-refractivity contribution in [3.05, 3.63) is 29.8 Å². The molecule has 0 aliphatic carbocycles. The molecule has 1 fully saturated rings. The van der Waals surface area contributed by atoms with Crippen LogP contribution < -0.4 is 4.74 Å². The van der Waals surface area contributed by atoms with E-state index in [1.54, 1.807) is 6.07 Å². The van der Waals surface area contributed by atoms with Gasteiger partial charge in [0, 0.05) is 6.92 Å². The average Bonchev–Trinajstić information content (AvgIpc) is 2.55. The minimum absolute atomic E-state index is 0.0420. The molecular formula is C15H18O9. The second-order valence-electron chi connectivity index (χ2n) is 5.19. The second-order valence-corrected chi connectivity index (χ2v) is 5.19. The van der Waals surface area contributed by atoms with Crippen molar-refractivity contribution in [2.75, 3.05) is 6.61 Å². The van der Waals surface area contributed by atoms with Crippen molar-refractivity contribution < 1.29 is 44.2 Å². The fraction of sp³-hybridized carbons (Fsp3) is 0.467. The van der Waals surface area contributed by atoms with Crippen LogP contribution in [0, 0.1) is 0 Å². The Hall–Kier alpha value is -2.04. The number of esters is 2. The number of carbonyl (C=O) groups excluding carboxylic acids is 2. The minimum Gasteiger partial charge on any atom is -0.429 e. The van der Waals surface area contributed by atoms with E-state index in [1.165, 1.54) is 25.1 Å². The lowest BCUT2D eigenvalue weighted by Gasteiger charge is -2.39. The number of rotatable bonds is 4. The van der Waals surface area contributed by atoms with Crippen LogP contribution in [-0.2, 0) is 14.3 Å². The fourth-order valence-electron chi connectivity index (χ4n) is 2.21. The summed E-state index contributed by atoms with van der Waals surface area (Å²) in [5, 5.41) is 38.3. The van der Waals surface area contributed by atoms with Gasteiger partial charge in [-0.1, -0.05) is 12.1 Å². The molecule has 0 radical (unpaired) electrons.